The average Bonchev–Trinajstić information content (AvgIpc) is 2.20. The maximum atomic E-state index is 12.5. The Balaban J connectivity index is 3.34. The molecule has 0 unspecified atom stereocenters. The summed E-state index contributed by atoms with van der Waals surface area (Å²) in [6.07, 6.45) is -2.79. The molecule has 1 heterocycles. The number of halogens is 3. The third kappa shape index (κ3) is 2.52. The zero-order valence-electron chi connectivity index (χ0n) is 7.63. The van der Waals surface area contributed by atoms with Gasteiger partial charge in [-0.25, -0.2) is 18.6 Å². The Bertz CT molecular complexity index is 398. The first-order valence-electron chi connectivity index (χ1n) is 3.79. The van der Waals surface area contributed by atoms with Crippen molar-refractivity contribution in [1.82, 2.24) is 4.98 Å². The Kier molecular flexibility index (Phi) is 3.77. The first-order valence-corrected chi connectivity index (χ1v) is 4.87. The number of nitrogens with two attached hydrogens (primary N) is 1. The van der Waals surface area contributed by atoms with Crippen molar-refractivity contribution in [2.45, 2.75) is 6.43 Å². The van der Waals surface area contributed by atoms with Gasteiger partial charge in [-0.2, -0.15) is 0 Å². The number of methoxy groups -OCH3 is 1. The largest absolute Gasteiger partial charge is 0.464 e. The molecule has 0 radical (unpaired) electrons. The molecule has 0 aliphatic heterocycles. The molecule has 0 atom stereocenters. The van der Waals surface area contributed by atoms with E-state index in [0.717, 1.165) is 13.2 Å². The second kappa shape index (κ2) is 4.69. The average molecular weight is 328 g/mol. The van der Waals surface area contributed by atoms with Crippen molar-refractivity contribution in [1.29, 1.82) is 0 Å². The number of nitrogen functional groups attached to an aromatic ring is 1. The molecular weight excluding hydrogens is 321 g/mol. The van der Waals surface area contributed by atoms with Crippen LogP contribution < -0.4 is 5.73 Å². The zero-order chi connectivity index (χ0) is 11.6. The quantitative estimate of drug-likeness (QED) is 0.666. The third-order valence-corrected chi connectivity index (χ3v) is 2.51. The van der Waals surface area contributed by atoms with Gasteiger partial charge in [-0.05, 0) is 28.7 Å². The van der Waals surface area contributed by atoms with Crippen LogP contribution in [-0.4, -0.2) is 18.1 Å². The predicted molar refractivity (Wildman–Crippen MR) is 57.7 cm³/mol. The molecule has 82 valence electrons. The molecule has 0 spiro atoms. The number of esters is 1. The molecule has 1 aromatic heterocycles. The number of carbonyl (C=O) groups is 1. The molecule has 2 N–H and O–H groups in total. The standard InChI is InChI=1S/C8H7F2IN2O2/c1-15-8(14)5-3(6(9)10)2-4(11)7(12)13-5/h2,6H,1H3,(H2,12,13). The summed E-state index contributed by atoms with van der Waals surface area (Å²) in [7, 11) is 1.09. The summed E-state index contributed by atoms with van der Waals surface area (Å²) < 4.78 is 29.8. The van der Waals surface area contributed by atoms with E-state index in [1.807, 2.05) is 0 Å². The second-order valence-corrected chi connectivity index (χ2v) is 3.75. The molecule has 0 aliphatic carbocycles. The Morgan fingerprint density at radius 2 is 2.27 bits per heavy atom. The minimum Gasteiger partial charge on any atom is -0.464 e. The number of hydrogen-bond acceptors (Lipinski definition) is 4. The number of aromatic nitrogens is 1. The minimum absolute atomic E-state index is 0.0281. The van der Waals surface area contributed by atoms with E-state index < -0.39 is 23.7 Å². The normalized spacial score (nSPS) is 10.5. The third-order valence-electron chi connectivity index (χ3n) is 1.65. The number of ether oxygens (including phenoxy) is 1. The number of pyridine rings is 1. The van der Waals surface area contributed by atoms with Crippen LogP contribution >= 0.6 is 22.6 Å². The highest BCUT2D eigenvalue weighted by Crippen LogP contribution is 2.26. The summed E-state index contributed by atoms with van der Waals surface area (Å²) in [6, 6.07) is 1.12. The van der Waals surface area contributed by atoms with Crippen molar-refractivity contribution in [2.75, 3.05) is 12.8 Å². The first-order chi connectivity index (χ1) is 6.97. The summed E-state index contributed by atoms with van der Waals surface area (Å²) >= 11 is 1.76. The topological polar surface area (TPSA) is 65.2 Å². The lowest BCUT2D eigenvalue weighted by molar-refractivity contribution is 0.0581. The van der Waals surface area contributed by atoms with Gasteiger partial charge < -0.3 is 10.5 Å². The molecule has 4 nitrogen and oxygen atoms in total. The molecule has 0 fully saturated rings. The van der Waals surface area contributed by atoms with Crippen molar-refractivity contribution in [3.8, 4) is 0 Å². The van der Waals surface area contributed by atoms with Gasteiger partial charge in [-0.15, -0.1) is 0 Å². The summed E-state index contributed by atoms with van der Waals surface area (Å²) in [4.78, 5) is 14.7. The van der Waals surface area contributed by atoms with E-state index in [-0.39, 0.29) is 5.82 Å². The number of alkyl halides is 2. The van der Waals surface area contributed by atoms with Crippen molar-refractivity contribution >= 4 is 34.4 Å². The van der Waals surface area contributed by atoms with Crippen LogP contribution in [0.25, 0.3) is 0 Å². The summed E-state index contributed by atoms with van der Waals surface area (Å²) in [5.74, 6) is -0.895. The van der Waals surface area contributed by atoms with E-state index in [1.165, 1.54) is 0 Å². The molecule has 0 saturated heterocycles. The molecular formula is C8H7F2IN2O2. The van der Waals surface area contributed by atoms with Gasteiger partial charge in [0, 0.05) is 0 Å². The highest BCUT2D eigenvalue weighted by molar-refractivity contribution is 14.1. The molecule has 1 aromatic rings. The Morgan fingerprint density at radius 1 is 1.67 bits per heavy atom. The smallest absolute Gasteiger partial charge is 0.357 e. The van der Waals surface area contributed by atoms with Crippen LogP contribution in [0.4, 0.5) is 14.6 Å². The Hall–Kier alpha value is -0.990. The van der Waals surface area contributed by atoms with Crippen LogP contribution in [0.5, 0.6) is 0 Å². The molecule has 0 bridgehead atoms. The second-order valence-electron chi connectivity index (χ2n) is 2.59. The van der Waals surface area contributed by atoms with Gasteiger partial charge in [0.1, 0.15) is 5.82 Å². The van der Waals surface area contributed by atoms with Crippen LogP contribution in [0.15, 0.2) is 6.07 Å². The molecule has 7 heteroatoms. The number of anilines is 1. The van der Waals surface area contributed by atoms with E-state index >= 15 is 0 Å². The maximum Gasteiger partial charge on any atom is 0.357 e. The fourth-order valence-electron chi connectivity index (χ4n) is 0.944. The summed E-state index contributed by atoms with van der Waals surface area (Å²) in [5.41, 5.74) is 4.50. The van der Waals surface area contributed by atoms with E-state index in [9.17, 15) is 13.6 Å². The summed E-state index contributed by atoms with van der Waals surface area (Å²) in [6.45, 7) is 0. The predicted octanol–water partition coefficient (Wildman–Crippen LogP) is 1.99. The molecule has 0 amide bonds. The van der Waals surface area contributed by atoms with E-state index in [0.29, 0.717) is 3.57 Å². The van der Waals surface area contributed by atoms with E-state index in [4.69, 9.17) is 5.73 Å². The fraction of sp³-hybridized carbons (Fsp3) is 0.250. The van der Waals surface area contributed by atoms with E-state index in [2.05, 4.69) is 9.72 Å². The van der Waals surface area contributed by atoms with Crippen molar-refractivity contribution in [3.63, 3.8) is 0 Å². The minimum atomic E-state index is -2.79. The van der Waals surface area contributed by atoms with Gasteiger partial charge in [0.05, 0.1) is 16.2 Å². The van der Waals surface area contributed by atoms with Crippen LogP contribution in [0, 0.1) is 3.57 Å². The van der Waals surface area contributed by atoms with Crippen molar-refractivity contribution in [3.05, 3.63) is 20.9 Å². The molecule has 15 heavy (non-hydrogen) atoms. The van der Waals surface area contributed by atoms with Gasteiger partial charge in [0.15, 0.2) is 5.69 Å². The number of carbonyl (C=O) groups excluding carboxylic acids is 1. The van der Waals surface area contributed by atoms with E-state index in [1.54, 1.807) is 22.6 Å². The SMILES string of the molecule is COC(=O)c1nc(N)c(I)cc1C(F)F. The fourth-order valence-corrected chi connectivity index (χ4v) is 1.40. The highest BCUT2D eigenvalue weighted by Gasteiger charge is 2.22. The highest BCUT2D eigenvalue weighted by atomic mass is 127. The number of hydrogen-bond donors (Lipinski definition) is 1. The van der Waals surface area contributed by atoms with Crippen molar-refractivity contribution in [2.24, 2.45) is 0 Å². The van der Waals surface area contributed by atoms with Crippen LogP contribution in [0.2, 0.25) is 0 Å². The van der Waals surface area contributed by atoms with Crippen LogP contribution in [0.3, 0.4) is 0 Å². The van der Waals surface area contributed by atoms with Gasteiger partial charge in [0.2, 0.25) is 0 Å². The maximum absolute atomic E-state index is 12.5. The van der Waals surface area contributed by atoms with Crippen LogP contribution in [0.1, 0.15) is 22.5 Å². The van der Waals surface area contributed by atoms with Gasteiger partial charge in [-0.3, -0.25) is 0 Å². The lowest BCUT2D eigenvalue weighted by Gasteiger charge is -2.08. The Labute approximate surface area is 98.0 Å². The summed E-state index contributed by atoms with van der Waals surface area (Å²) in [5, 5.41) is 0. The molecule has 0 aliphatic rings. The van der Waals surface area contributed by atoms with Crippen molar-refractivity contribution < 1.29 is 18.3 Å². The first kappa shape index (κ1) is 12.1. The number of nitrogens with zero attached hydrogens (tertiary/aromatic N) is 1. The molecule has 1 rings (SSSR count). The number of rotatable bonds is 2. The zero-order valence-corrected chi connectivity index (χ0v) is 9.79. The Morgan fingerprint density at radius 3 is 2.73 bits per heavy atom. The lowest BCUT2D eigenvalue weighted by Crippen LogP contribution is -2.11. The van der Waals surface area contributed by atoms with Crippen LogP contribution in [-0.2, 0) is 4.74 Å². The van der Waals surface area contributed by atoms with Gasteiger partial charge in [-0.1, -0.05) is 0 Å². The molecule has 0 saturated carbocycles. The monoisotopic (exact) mass is 328 g/mol. The van der Waals surface area contributed by atoms with Gasteiger partial charge in [0.25, 0.3) is 6.43 Å². The molecule has 0 aromatic carbocycles. The lowest BCUT2D eigenvalue weighted by atomic mass is 10.2. The van der Waals surface area contributed by atoms with Gasteiger partial charge >= 0.3 is 5.97 Å².